The van der Waals surface area contributed by atoms with Crippen molar-refractivity contribution in [3.8, 4) is 0 Å². The minimum atomic E-state index is -1.12. The van der Waals surface area contributed by atoms with Gasteiger partial charge in [0.2, 0.25) is 0 Å². The van der Waals surface area contributed by atoms with Crippen LogP contribution in [-0.2, 0) is 0 Å². The Bertz CT molecular complexity index is 505. The topological polar surface area (TPSA) is 77.0 Å². The van der Waals surface area contributed by atoms with Gasteiger partial charge in [-0.15, -0.1) is 0 Å². The van der Waals surface area contributed by atoms with E-state index in [2.05, 4.69) is 19.9 Å². The Balaban J connectivity index is 2.34. The standard InChI is InChI=1S/C8H5F3N4O/c9-3-1-4(10)6(5(11)2-3)13-8-15-14-7(12)16-8/h1-2H,(H2,12,14)(H,13,15). The van der Waals surface area contributed by atoms with Crippen LogP contribution >= 0.6 is 0 Å². The lowest BCUT2D eigenvalue weighted by Crippen LogP contribution is -1.98. The maximum atomic E-state index is 13.1. The summed E-state index contributed by atoms with van der Waals surface area (Å²) >= 11 is 0. The van der Waals surface area contributed by atoms with Crippen LogP contribution in [0.5, 0.6) is 0 Å². The number of hydrogen-bond donors (Lipinski definition) is 2. The van der Waals surface area contributed by atoms with Crippen molar-refractivity contribution >= 4 is 17.7 Å². The molecule has 84 valence electrons. The van der Waals surface area contributed by atoms with E-state index >= 15 is 0 Å². The first kappa shape index (κ1) is 10.3. The summed E-state index contributed by atoms with van der Waals surface area (Å²) in [6.45, 7) is 0. The highest BCUT2D eigenvalue weighted by Crippen LogP contribution is 2.23. The van der Waals surface area contributed by atoms with Crippen molar-refractivity contribution in [3.05, 3.63) is 29.6 Å². The molecule has 0 saturated carbocycles. The van der Waals surface area contributed by atoms with Gasteiger partial charge in [0.05, 0.1) is 0 Å². The van der Waals surface area contributed by atoms with E-state index in [0.717, 1.165) is 0 Å². The molecule has 5 nitrogen and oxygen atoms in total. The Morgan fingerprint density at radius 1 is 1.12 bits per heavy atom. The Morgan fingerprint density at radius 2 is 1.75 bits per heavy atom. The number of aromatic nitrogens is 2. The van der Waals surface area contributed by atoms with E-state index in [0.29, 0.717) is 12.1 Å². The number of nitrogen functional groups attached to an aromatic ring is 1. The zero-order valence-electron chi connectivity index (χ0n) is 7.67. The second-order valence-electron chi connectivity index (χ2n) is 2.81. The van der Waals surface area contributed by atoms with Crippen molar-refractivity contribution in [1.82, 2.24) is 10.2 Å². The molecule has 0 unspecified atom stereocenters. The smallest absolute Gasteiger partial charge is 0.321 e. The van der Waals surface area contributed by atoms with E-state index in [-0.39, 0.29) is 12.0 Å². The van der Waals surface area contributed by atoms with Crippen molar-refractivity contribution in [2.24, 2.45) is 0 Å². The molecule has 0 fully saturated rings. The first-order chi connectivity index (χ1) is 7.56. The molecule has 0 atom stereocenters. The summed E-state index contributed by atoms with van der Waals surface area (Å²) in [6, 6.07) is 0.489. The molecular formula is C8H5F3N4O. The van der Waals surface area contributed by atoms with Gasteiger partial charge in [0.25, 0.3) is 0 Å². The number of nitrogens with zero attached hydrogens (tertiary/aromatic N) is 2. The van der Waals surface area contributed by atoms with E-state index in [9.17, 15) is 13.2 Å². The molecule has 16 heavy (non-hydrogen) atoms. The summed E-state index contributed by atoms with van der Waals surface area (Å²) in [6.07, 6.45) is 0. The van der Waals surface area contributed by atoms with E-state index in [1.165, 1.54) is 0 Å². The fraction of sp³-hybridized carbons (Fsp3) is 0. The summed E-state index contributed by atoms with van der Waals surface area (Å²) in [5.74, 6) is -3.26. The SMILES string of the molecule is Nc1nnc(Nc2c(F)cc(F)cc2F)o1. The highest BCUT2D eigenvalue weighted by Gasteiger charge is 2.14. The number of anilines is 3. The van der Waals surface area contributed by atoms with Crippen LogP contribution in [-0.4, -0.2) is 10.2 Å². The third-order valence-corrected chi connectivity index (χ3v) is 1.68. The second kappa shape index (κ2) is 3.72. The lowest BCUT2D eigenvalue weighted by atomic mass is 10.3. The molecule has 0 aliphatic heterocycles. The van der Waals surface area contributed by atoms with Gasteiger partial charge >= 0.3 is 12.0 Å². The summed E-state index contributed by atoms with van der Waals surface area (Å²) in [5.41, 5.74) is 4.51. The summed E-state index contributed by atoms with van der Waals surface area (Å²) < 4.78 is 43.5. The molecule has 1 aromatic heterocycles. The van der Waals surface area contributed by atoms with E-state index in [1.807, 2.05) is 0 Å². The molecule has 3 N–H and O–H groups in total. The normalized spacial score (nSPS) is 10.4. The summed E-state index contributed by atoms with van der Waals surface area (Å²) in [7, 11) is 0. The third kappa shape index (κ3) is 1.90. The van der Waals surface area contributed by atoms with Crippen LogP contribution in [0.3, 0.4) is 0 Å². The first-order valence-corrected chi connectivity index (χ1v) is 4.07. The fourth-order valence-electron chi connectivity index (χ4n) is 1.05. The largest absolute Gasteiger partial charge is 0.389 e. The Morgan fingerprint density at radius 3 is 2.25 bits per heavy atom. The Hall–Kier alpha value is -2.25. The van der Waals surface area contributed by atoms with Gasteiger partial charge in [0.1, 0.15) is 11.5 Å². The highest BCUT2D eigenvalue weighted by molar-refractivity contribution is 5.54. The number of halogens is 3. The molecule has 0 spiro atoms. The molecule has 0 bridgehead atoms. The van der Waals surface area contributed by atoms with Gasteiger partial charge in [-0.3, -0.25) is 0 Å². The molecule has 0 aliphatic carbocycles. The lowest BCUT2D eigenvalue weighted by Gasteiger charge is -2.04. The van der Waals surface area contributed by atoms with Crippen LogP contribution in [0.15, 0.2) is 16.5 Å². The van der Waals surface area contributed by atoms with Crippen molar-refractivity contribution in [2.45, 2.75) is 0 Å². The Kier molecular flexibility index (Phi) is 2.39. The van der Waals surface area contributed by atoms with Crippen molar-refractivity contribution in [1.29, 1.82) is 0 Å². The van der Waals surface area contributed by atoms with Gasteiger partial charge in [-0.2, -0.15) is 0 Å². The van der Waals surface area contributed by atoms with Crippen molar-refractivity contribution in [2.75, 3.05) is 11.1 Å². The van der Waals surface area contributed by atoms with Crippen LogP contribution in [0.2, 0.25) is 0 Å². The number of rotatable bonds is 2. The molecule has 0 aliphatic rings. The van der Waals surface area contributed by atoms with Crippen molar-refractivity contribution in [3.63, 3.8) is 0 Å². The zero-order valence-corrected chi connectivity index (χ0v) is 7.67. The number of nitrogens with one attached hydrogen (secondary N) is 1. The molecule has 2 rings (SSSR count). The molecular weight excluding hydrogens is 225 g/mol. The molecule has 1 heterocycles. The van der Waals surface area contributed by atoms with Gasteiger partial charge in [-0.1, -0.05) is 10.2 Å². The maximum absolute atomic E-state index is 13.1. The quantitative estimate of drug-likeness (QED) is 0.822. The summed E-state index contributed by atoms with van der Waals surface area (Å²) in [5, 5.41) is 8.76. The zero-order chi connectivity index (χ0) is 11.7. The van der Waals surface area contributed by atoms with E-state index < -0.39 is 23.1 Å². The number of benzene rings is 1. The minimum absolute atomic E-state index is 0.259. The lowest BCUT2D eigenvalue weighted by molar-refractivity contribution is 0.544. The molecule has 0 saturated heterocycles. The minimum Gasteiger partial charge on any atom is -0.389 e. The maximum Gasteiger partial charge on any atom is 0.321 e. The monoisotopic (exact) mass is 230 g/mol. The second-order valence-corrected chi connectivity index (χ2v) is 2.81. The van der Waals surface area contributed by atoms with E-state index in [1.54, 1.807) is 0 Å². The average molecular weight is 230 g/mol. The van der Waals surface area contributed by atoms with Gasteiger partial charge in [-0.25, -0.2) is 13.2 Å². The number of nitrogens with two attached hydrogens (primary N) is 1. The van der Waals surface area contributed by atoms with E-state index in [4.69, 9.17) is 5.73 Å². The van der Waals surface area contributed by atoms with Crippen LogP contribution in [0, 0.1) is 17.5 Å². The van der Waals surface area contributed by atoms with Gasteiger partial charge in [-0.05, 0) is 0 Å². The first-order valence-electron chi connectivity index (χ1n) is 4.07. The van der Waals surface area contributed by atoms with Gasteiger partial charge in [0.15, 0.2) is 11.6 Å². The predicted octanol–water partition coefficient (Wildman–Crippen LogP) is 1.81. The number of hydrogen-bond acceptors (Lipinski definition) is 5. The fourth-order valence-corrected chi connectivity index (χ4v) is 1.05. The van der Waals surface area contributed by atoms with Crippen LogP contribution in [0.25, 0.3) is 0 Å². The Labute approximate surface area is 87.1 Å². The van der Waals surface area contributed by atoms with Crippen LogP contribution in [0.1, 0.15) is 0 Å². The third-order valence-electron chi connectivity index (χ3n) is 1.68. The van der Waals surface area contributed by atoms with Crippen LogP contribution < -0.4 is 11.1 Å². The van der Waals surface area contributed by atoms with Gasteiger partial charge in [0, 0.05) is 12.1 Å². The molecule has 0 amide bonds. The predicted molar refractivity (Wildman–Crippen MR) is 48.3 cm³/mol. The highest BCUT2D eigenvalue weighted by atomic mass is 19.1. The van der Waals surface area contributed by atoms with Crippen LogP contribution in [0.4, 0.5) is 30.9 Å². The molecule has 0 radical (unpaired) electrons. The molecule has 2 aromatic rings. The molecule has 8 heteroatoms. The average Bonchev–Trinajstić information content (AvgIpc) is 2.58. The molecule has 1 aromatic carbocycles. The summed E-state index contributed by atoms with van der Waals surface area (Å²) in [4.78, 5) is 0. The van der Waals surface area contributed by atoms with Crippen molar-refractivity contribution < 1.29 is 17.6 Å². The van der Waals surface area contributed by atoms with Gasteiger partial charge < -0.3 is 15.5 Å².